The largest absolute Gasteiger partial charge is 0.353 e. The van der Waals surface area contributed by atoms with E-state index in [0.717, 1.165) is 25.7 Å². The van der Waals surface area contributed by atoms with Crippen LogP contribution in [0.15, 0.2) is 12.4 Å². The van der Waals surface area contributed by atoms with Crippen molar-refractivity contribution in [3.05, 3.63) is 12.4 Å². The van der Waals surface area contributed by atoms with E-state index in [2.05, 4.69) is 20.4 Å². The van der Waals surface area contributed by atoms with Crippen LogP contribution in [0.5, 0.6) is 0 Å². The van der Waals surface area contributed by atoms with Gasteiger partial charge in [0.15, 0.2) is 0 Å². The van der Waals surface area contributed by atoms with Crippen molar-refractivity contribution in [1.29, 1.82) is 0 Å². The van der Waals surface area contributed by atoms with Gasteiger partial charge in [-0.05, 0) is 12.8 Å². The lowest BCUT2D eigenvalue weighted by Crippen LogP contribution is -1.98. The van der Waals surface area contributed by atoms with E-state index >= 15 is 0 Å². The molecule has 0 heterocycles. The molecule has 0 saturated carbocycles. The van der Waals surface area contributed by atoms with Crippen LogP contribution < -0.4 is 0 Å². The Balaban J connectivity index is 3.41. The maximum Gasteiger partial charge on any atom is 0.353 e. The fraction of sp³-hybridized carbons (Fsp3) is 0.941. The first-order valence-corrected chi connectivity index (χ1v) is 18.8. The van der Waals surface area contributed by atoms with E-state index in [9.17, 15) is 4.57 Å². The number of rotatable bonds is 33. The summed E-state index contributed by atoms with van der Waals surface area (Å²) in [7, 11) is -3.11. The van der Waals surface area contributed by atoms with Crippen molar-refractivity contribution in [2.75, 3.05) is 13.2 Å². The molecule has 0 bridgehead atoms. The van der Waals surface area contributed by atoms with Crippen LogP contribution in [-0.4, -0.2) is 13.2 Å². The van der Waals surface area contributed by atoms with Crippen molar-refractivity contribution < 1.29 is 13.6 Å². The quantitative estimate of drug-likeness (QED) is 0.0595. The maximum atomic E-state index is 12.7. The molecule has 0 amide bonds. The summed E-state index contributed by atoms with van der Waals surface area (Å²) in [6.45, 7) is 9.29. The highest BCUT2D eigenvalue weighted by atomic mass is 31.2. The average Bonchev–Trinajstić information content (AvgIpc) is 2.93. The molecule has 0 spiro atoms. The van der Waals surface area contributed by atoms with Gasteiger partial charge in [0, 0.05) is 5.82 Å². The molecular weight excluding hydrogens is 487 g/mol. The minimum Gasteiger partial charge on any atom is -0.306 e. The molecule has 0 aliphatic heterocycles. The fourth-order valence-corrected chi connectivity index (χ4v) is 6.17. The predicted molar refractivity (Wildman–Crippen MR) is 170 cm³/mol. The molecule has 0 aromatic heterocycles. The molecule has 228 valence electrons. The second-order valence-electron chi connectivity index (χ2n) is 11.6. The normalized spacial score (nSPS) is 11.8. The zero-order chi connectivity index (χ0) is 27.8. The van der Waals surface area contributed by atoms with E-state index in [1.54, 1.807) is 0 Å². The van der Waals surface area contributed by atoms with Crippen molar-refractivity contribution in [2.24, 2.45) is 0 Å². The summed E-state index contributed by atoms with van der Waals surface area (Å²) >= 11 is 0. The topological polar surface area (TPSA) is 35.5 Å². The summed E-state index contributed by atoms with van der Waals surface area (Å²) in [5.74, 6) is 1.39. The van der Waals surface area contributed by atoms with Gasteiger partial charge >= 0.3 is 7.60 Å². The summed E-state index contributed by atoms with van der Waals surface area (Å²) in [6, 6.07) is 0. The monoisotopic (exact) mass is 556 g/mol. The zero-order valence-corrected chi connectivity index (χ0v) is 27.1. The van der Waals surface area contributed by atoms with Gasteiger partial charge in [-0.1, -0.05) is 187 Å². The highest BCUT2D eigenvalue weighted by Crippen LogP contribution is 2.49. The van der Waals surface area contributed by atoms with Gasteiger partial charge < -0.3 is 9.05 Å². The molecular formula is C34H69O3P. The summed E-state index contributed by atoms with van der Waals surface area (Å²) in [5, 5.41) is 0. The van der Waals surface area contributed by atoms with Gasteiger partial charge in [0.2, 0.25) is 0 Å². The summed E-state index contributed by atoms with van der Waals surface area (Å²) in [5.41, 5.74) is 0. The van der Waals surface area contributed by atoms with Crippen LogP contribution in [-0.2, 0) is 13.6 Å². The standard InChI is InChI=1S/C34H69O3P/c1-4-7-9-11-13-15-17-19-21-23-25-27-29-31-33-36-38(35,6-3)37-34-32-30-28-26-24-22-20-18-16-14-12-10-8-5-2/h6H,3-5,7-34H2,1-2H3. The third-order valence-corrected chi connectivity index (χ3v) is 9.29. The van der Waals surface area contributed by atoms with E-state index < -0.39 is 7.60 Å². The molecule has 38 heavy (non-hydrogen) atoms. The molecule has 3 nitrogen and oxygen atoms in total. The lowest BCUT2D eigenvalue weighted by molar-refractivity contribution is 0.205. The van der Waals surface area contributed by atoms with E-state index in [4.69, 9.17) is 9.05 Å². The van der Waals surface area contributed by atoms with Crippen molar-refractivity contribution in [2.45, 2.75) is 194 Å². The van der Waals surface area contributed by atoms with Crippen LogP contribution >= 0.6 is 7.60 Å². The van der Waals surface area contributed by atoms with E-state index in [1.807, 2.05) is 0 Å². The lowest BCUT2D eigenvalue weighted by atomic mass is 10.0. The Morgan fingerprint density at radius 2 is 0.632 bits per heavy atom. The Bertz CT molecular complexity index is 470. The summed E-state index contributed by atoms with van der Waals surface area (Å²) in [6.07, 6.45) is 37.3. The van der Waals surface area contributed by atoms with Crippen molar-refractivity contribution in [3.8, 4) is 0 Å². The molecule has 4 heteroatoms. The van der Waals surface area contributed by atoms with Gasteiger partial charge in [-0.15, -0.1) is 0 Å². The lowest BCUT2D eigenvalue weighted by Gasteiger charge is -2.15. The van der Waals surface area contributed by atoms with E-state index in [-0.39, 0.29) is 0 Å². The van der Waals surface area contributed by atoms with E-state index in [0.29, 0.717) is 13.2 Å². The molecule has 0 rings (SSSR count). The smallest absolute Gasteiger partial charge is 0.306 e. The number of unbranched alkanes of at least 4 members (excludes halogenated alkanes) is 26. The molecule has 0 aliphatic carbocycles. The Hall–Kier alpha value is -0.110. The van der Waals surface area contributed by atoms with Crippen molar-refractivity contribution in [3.63, 3.8) is 0 Å². The molecule has 0 saturated heterocycles. The van der Waals surface area contributed by atoms with Crippen LogP contribution in [0.1, 0.15) is 194 Å². The molecule has 0 radical (unpaired) electrons. The summed E-state index contributed by atoms with van der Waals surface area (Å²) in [4.78, 5) is 0. The maximum absolute atomic E-state index is 12.7. The molecule has 0 aliphatic rings. The first-order valence-electron chi connectivity index (χ1n) is 17.2. The zero-order valence-electron chi connectivity index (χ0n) is 26.2. The van der Waals surface area contributed by atoms with Gasteiger partial charge in [-0.25, -0.2) is 0 Å². The second-order valence-corrected chi connectivity index (χ2v) is 13.5. The molecule has 0 aromatic rings. The first kappa shape index (κ1) is 37.9. The molecule has 0 fully saturated rings. The predicted octanol–water partition coefficient (Wildman–Crippen LogP) is 13.3. The molecule has 0 unspecified atom stereocenters. The third kappa shape index (κ3) is 28.9. The van der Waals surface area contributed by atoms with Crippen molar-refractivity contribution >= 4 is 7.60 Å². The number of hydrogen-bond donors (Lipinski definition) is 0. The van der Waals surface area contributed by atoms with Gasteiger partial charge in [-0.3, -0.25) is 4.57 Å². The average molecular weight is 557 g/mol. The van der Waals surface area contributed by atoms with Gasteiger partial charge in [0.05, 0.1) is 13.2 Å². The minimum atomic E-state index is -3.11. The number of hydrogen-bond acceptors (Lipinski definition) is 3. The Kier molecular flexibility index (Phi) is 31.3. The van der Waals surface area contributed by atoms with Crippen LogP contribution in [0.4, 0.5) is 0 Å². The van der Waals surface area contributed by atoms with Gasteiger partial charge in [-0.2, -0.15) is 0 Å². The second kappa shape index (κ2) is 31.4. The molecule has 0 N–H and O–H groups in total. The van der Waals surface area contributed by atoms with Gasteiger partial charge in [0.25, 0.3) is 0 Å². The third-order valence-electron chi connectivity index (χ3n) is 7.76. The summed E-state index contributed by atoms with van der Waals surface area (Å²) < 4.78 is 23.9. The molecule has 0 atom stereocenters. The minimum absolute atomic E-state index is 0.514. The van der Waals surface area contributed by atoms with Crippen LogP contribution in [0.2, 0.25) is 0 Å². The first-order chi connectivity index (χ1) is 18.7. The highest BCUT2D eigenvalue weighted by Gasteiger charge is 2.19. The highest BCUT2D eigenvalue weighted by molar-refractivity contribution is 7.57. The van der Waals surface area contributed by atoms with Crippen LogP contribution in [0.25, 0.3) is 0 Å². The van der Waals surface area contributed by atoms with Gasteiger partial charge in [0.1, 0.15) is 0 Å². The fourth-order valence-electron chi connectivity index (χ4n) is 5.12. The van der Waals surface area contributed by atoms with Crippen LogP contribution in [0.3, 0.4) is 0 Å². The Labute approximate surface area is 240 Å². The van der Waals surface area contributed by atoms with Crippen LogP contribution in [0, 0.1) is 0 Å². The van der Waals surface area contributed by atoms with Crippen molar-refractivity contribution in [1.82, 2.24) is 0 Å². The Morgan fingerprint density at radius 3 is 0.842 bits per heavy atom. The van der Waals surface area contributed by atoms with E-state index in [1.165, 1.54) is 160 Å². The SMILES string of the molecule is C=CP(=O)(OCCCCCCCCCCCCCCCC)OCCCCCCCCCCCCCCCC. The Morgan fingerprint density at radius 1 is 0.421 bits per heavy atom. The molecule has 0 aromatic carbocycles.